The quantitative estimate of drug-likeness (QED) is 0.225. The number of guanidine groups is 1. The van der Waals surface area contributed by atoms with Gasteiger partial charge in [-0.15, -0.1) is 24.0 Å². The molecule has 0 radical (unpaired) electrons. The van der Waals surface area contributed by atoms with Gasteiger partial charge in [0.25, 0.3) is 0 Å². The van der Waals surface area contributed by atoms with Gasteiger partial charge in [0.05, 0.1) is 6.54 Å². The molecule has 0 fully saturated rings. The maximum absolute atomic E-state index is 11.5. The van der Waals surface area contributed by atoms with Crippen LogP contribution in [0.25, 0.3) is 0 Å². The second-order valence-corrected chi connectivity index (χ2v) is 6.87. The number of halogens is 1. The minimum atomic E-state index is -0.477. The van der Waals surface area contributed by atoms with Crippen LogP contribution in [0.15, 0.2) is 29.3 Å². The molecule has 0 atom stereocenters. The molecule has 0 unspecified atom stereocenters. The summed E-state index contributed by atoms with van der Waals surface area (Å²) < 4.78 is 10.8. The third-order valence-electron chi connectivity index (χ3n) is 3.22. The molecule has 3 N–H and O–H groups in total. The zero-order chi connectivity index (χ0) is 19.4. The smallest absolute Gasteiger partial charge is 0.407 e. The van der Waals surface area contributed by atoms with Crippen molar-refractivity contribution in [1.82, 2.24) is 16.0 Å². The predicted molar refractivity (Wildman–Crippen MR) is 120 cm³/mol. The second-order valence-electron chi connectivity index (χ2n) is 6.87. The number of amides is 1. The molecule has 0 heterocycles. The first kappa shape index (κ1) is 25.3. The van der Waals surface area contributed by atoms with Crippen LogP contribution in [0.5, 0.6) is 5.75 Å². The summed E-state index contributed by atoms with van der Waals surface area (Å²) in [6, 6.07) is 7.96. The molecule has 0 spiro atoms. The number of carbonyl (C=O) groups excluding carboxylic acids is 1. The van der Waals surface area contributed by atoms with Crippen molar-refractivity contribution in [2.24, 2.45) is 4.99 Å². The van der Waals surface area contributed by atoms with E-state index in [1.165, 1.54) is 5.56 Å². The van der Waals surface area contributed by atoms with Gasteiger partial charge < -0.3 is 25.4 Å². The summed E-state index contributed by atoms with van der Waals surface area (Å²) in [5.74, 6) is 1.56. The molecule has 8 heteroatoms. The lowest BCUT2D eigenvalue weighted by Gasteiger charge is -2.19. The summed E-state index contributed by atoms with van der Waals surface area (Å²) in [5.41, 5.74) is 0.732. The minimum Gasteiger partial charge on any atom is -0.492 e. The van der Waals surface area contributed by atoms with Gasteiger partial charge in [0.15, 0.2) is 5.96 Å². The Balaban J connectivity index is 0.00000676. The van der Waals surface area contributed by atoms with Gasteiger partial charge in [0.1, 0.15) is 18.0 Å². The van der Waals surface area contributed by atoms with Crippen molar-refractivity contribution in [3.8, 4) is 5.75 Å². The third-order valence-corrected chi connectivity index (χ3v) is 3.22. The molecule has 0 saturated heterocycles. The molecular weight excluding hydrogens is 459 g/mol. The summed E-state index contributed by atoms with van der Waals surface area (Å²) >= 11 is 0. The lowest BCUT2D eigenvalue weighted by atomic mass is 10.2. The zero-order valence-corrected chi connectivity index (χ0v) is 19.3. The molecule has 7 nitrogen and oxygen atoms in total. The molecule has 1 aromatic carbocycles. The van der Waals surface area contributed by atoms with E-state index in [0.29, 0.717) is 32.2 Å². The summed E-state index contributed by atoms with van der Waals surface area (Å²) in [7, 11) is 1.72. The van der Waals surface area contributed by atoms with E-state index in [1.807, 2.05) is 52.0 Å². The van der Waals surface area contributed by atoms with Crippen molar-refractivity contribution >= 4 is 36.0 Å². The Morgan fingerprint density at radius 1 is 1.04 bits per heavy atom. The highest BCUT2D eigenvalue weighted by molar-refractivity contribution is 14.0. The molecule has 154 valence electrons. The molecule has 0 aromatic heterocycles. The number of aliphatic imine (C=N–C) groups is 1. The van der Waals surface area contributed by atoms with E-state index < -0.39 is 11.7 Å². The number of rotatable bonds is 8. The molecule has 0 aliphatic heterocycles. The Hall–Kier alpha value is -1.71. The summed E-state index contributed by atoms with van der Waals surface area (Å²) in [6.45, 7) is 9.98. The van der Waals surface area contributed by atoms with Crippen molar-refractivity contribution in [3.05, 3.63) is 29.8 Å². The van der Waals surface area contributed by atoms with E-state index in [9.17, 15) is 4.79 Å². The maximum Gasteiger partial charge on any atom is 0.407 e. The fourth-order valence-corrected chi connectivity index (χ4v) is 1.99. The number of hydrogen-bond acceptors (Lipinski definition) is 4. The number of benzene rings is 1. The number of carbonyl (C=O) groups is 1. The number of alkyl carbamates (subject to hydrolysis) is 1. The SMILES string of the molecule is CN=C(NCCCNC(=O)OC(C)(C)C)NCCOc1ccc(C)cc1.I. The average Bonchev–Trinajstić information content (AvgIpc) is 2.56. The van der Waals surface area contributed by atoms with Crippen molar-refractivity contribution in [2.75, 3.05) is 33.3 Å². The van der Waals surface area contributed by atoms with Gasteiger partial charge in [0.2, 0.25) is 0 Å². The van der Waals surface area contributed by atoms with Gasteiger partial charge >= 0.3 is 6.09 Å². The first-order chi connectivity index (χ1) is 12.3. The fraction of sp³-hybridized carbons (Fsp3) is 0.579. The maximum atomic E-state index is 11.5. The molecule has 27 heavy (non-hydrogen) atoms. The van der Waals surface area contributed by atoms with Crippen LogP contribution >= 0.6 is 24.0 Å². The second kappa shape index (κ2) is 13.5. The van der Waals surface area contributed by atoms with E-state index in [2.05, 4.69) is 20.9 Å². The van der Waals surface area contributed by atoms with Gasteiger partial charge in [-0.25, -0.2) is 4.79 Å². The van der Waals surface area contributed by atoms with E-state index in [4.69, 9.17) is 9.47 Å². The highest BCUT2D eigenvalue weighted by Crippen LogP contribution is 2.10. The number of nitrogens with one attached hydrogen (secondary N) is 3. The summed E-state index contributed by atoms with van der Waals surface area (Å²) in [6.07, 6.45) is 0.369. The molecule has 1 amide bonds. The van der Waals surface area contributed by atoms with E-state index in [1.54, 1.807) is 7.05 Å². The lowest BCUT2D eigenvalue weighted by Crippen LogP contribution is -2.40. The molecule has 1 aromatic rings. The van der Waals surface area contributed by atoms with Crippen molar-refractivity contribution in [2.45, 2.75) is 39.7 Å². The lowest BCUT2D eigenvalue weighted by molar-refractivity contribution is 0.0527. The van der Waals surface area contributed by atoms with Gasteiger partial charge in [-0.2, -0.15) is 0 Å². The van der Waals surface area contributed by atoms with Crippen LogP contribution in [0, 0.1) is 6.92 Å². The Kier molecular flexibility index (Phi) is 12.6. The Morgan fingerprint density at radius 3 is 2.22 bits per heavy atom. The monoisotopic (exact) mass is 492 g/mol. The zero-order valence-electron chi connectivity index (χ0n) is 16.9. The molecule has 0 saturated carbocycles. The highest BCUT2D eigenvalue weighted by Gasteiger charge is 2.15. The Bertz CT molecular complexity index is 571. The van der Waals surface area contributed by atoms with Crippen LogP contribution < -0.4 is 20.7 Å². The Labute approximate surface area is 179 Å². The molecule has 0 bridgehead atoms. The van der Waals surface area contributed by atoms with Gasteiger partial charge in [-0.05, 0) is 46.2 Å². The van der Waals surface area contributed by atoms with Gasteiger partial charge in [0, 0.05) is 20.1 Å². The standard InChI is InChI=1S/C19H32N4O3.HI/c1-15-7-9-16(10-8-15)25-14-13-22-17(20-5)21-11-6-12-23-18(24)26-19(2,3)4;/h7-10H,6,11-14H2,1-5H3,(H,23,24)(H2,20,21,22);1H. The molecular formula is C19H33IN4O3. The predicted octanol–water partition coefficient (Wildman–Crippen LogP) is 3.07. The normalized spacial score (nSPS) is 11.2. The molecule has 0 aliphatic rings. The molecule has 0 aliphatic carbocycles. The van der Waals surface area contributed by atoms with E-state index in [0.717, 1.165) is 12.2 Å². The summed E-state index contributed by atoms with van der Waals surface area (Å²) in [5, 5.41) is 9.10. The van der Waals surface area contributed by atoms with Crippen LogP contribution in [-0.2, 0) is 4.74 Å². The number of nitrogens with zero attached hydrogens (tertiary/aromatic N) is 1. The van der Waals surface area contributed by atoms with Crippen LogP contribution in [0.4, 0.5) is 4.79 Å². The third kappa shape index (κ3) is 13.2. The van der Waals surface area contributed by atoms with E-state index in [-0.39, 0.29) is 24.0 Å². The largest absolute Gasteiger partial charge is 0.492 e. The van der Waals surface area contributed by atoms with Crippen molar-refractivity contribution in [3.63, 3.8) is 0 Å². The highest BCUT2D eigenvalue weighted by atomic mass is 127. The number of aryl methyl sites for hydroxylation is 1. The van der Waals surface area contributed by atoms with Crippen LogP contribution in [0.3, 0.4) is 0 Å². The Morgan fingerprint density at radius 2 is 1.63 bits per heavy atom. The fourth-order valence-electron chi connectivity index (χ4n) is 1.99. The first-order valence-electron chi connectivity index (χ1n) is 8.91. The van der Waals surface area contributed by atoms with Crippen molar-refractivity contribution < 1.29 is 14.3 Å². The number of hydrogen-bond donors (Lipinski definition) is 3. The average molecular weight is 492 g/mol. The topological polar surface area (TPSA) is 84.0 Å². The van der Waals surface area contributed by atoms with Gasteiger partial charge in [-0.3, -0.25) is 4.99 Å². The first-order valence-corrected chi connectivity index (χ1v) is 8.91. The van der Waals surface area contributed by atoms with E-state index >= 15 is 0 Å². The minimum absolute atomic E-state index is 0. The van der Waals surface area contributed by atoms with Gasteiger partial charge in [-0.1, -0.05) is 17.7 Å². The number of ether oxygens (including phenoxy) is 2. The summed E-state index contributed by atoms with van der Waals surface area (Å²) in [4.78, 5) is 15.7. The van der Waals surface area contributed by atoms with Crippen molar-refractivity contribution in [1.29, 1.82) is 0 Å². The van der Waals surface area contributed by atoms with Crippen LogP contribution in [0.1, 0.15) is 32.8 Å². The van der Waals surface area contributed by atoms with Crippen LogP contribution in [0.2, 0.25) is 0 Å². The molecule has 1 rings (SSSR count). The van der Waals surface area contributed by atoms with Crippen LogP contribution in [-0.4, -0.2) is 50.9 Å².